The first-order valence-corrected chi connectivity index (χ1v) is 14.5. The van der Waals surface area contributed by atoms with Crippen molar-refractivity contribution in [3.63, 3.8) is 0 Å². The smallest absolute Gasteiger partial charge is 0.241 e. The van der Waals surface area contributed by atoms with Gasteiger partial charge in [0.15, 0.2) is 0 Å². The highest BCUT2D eigenvalue weighted by Gasteiger charge is 2.32. The molecule has 0 saturated carbocycles. The lowest BCUT2D eigenvalue weighted by atomic mass is 9.90. The van der Waals surface area contributed by atoms with E-state index in [1.54, 1.807) is 4.90 Å². The highest BCUT2D eigenvalue weighted by atomic mass is 35.5. The predicted octanol–water partition coefficient (Wildman–Crippen LogP) is 5.11. The van der Waals surface area contributed by atoms with Crippen LogP contribution in [0.15, 0.2) is 83.8 Å². The first-order chi connectivity index (χ1) is 17.9. The summed E-state index contributed by atoms with van der Waals surface area (Å²) >= 11 is 6.24. The number of halogens is 1. The van der Waals surface area contributed by atoms with Gasteiger partial charge in [-0.2, -0.15) is 4.72 Å². The summed E-state index contributed by atoms with van der Waals surface area (Å²) in [5.74, 6) is 0.711. The average molecular weight is 541 g/mol. The Morgan fingerprint density at radius 2 is 1.62 bits per heavy atom. The van der Waals surface area contributed by atoms with Gasteiger partial charge in [-0.15, -0.1) is 0 Å². The van der Waals surface area contributed by atoms with E-state index >= 15 is 0 Å². The van der Waals surface area contributed by atoms with Crippen LogP contribution in [0.1, 0.15) is 30.9 Å². The number of amides is 1. The molecule has 196 valence electrons. The number of piperidine rings is 1. The Hall–Kier alpha value is -2.87. The van der Waals surface area contributed by atoms with Crippen LogP contribution >= 0.6 is 11.6 Å². The molecule has 1 amide bonds. The third-order valence-corrected chi connectivity index (χ3v) is 8.45. The normalized spacial score (nSPS) is 15.4. The molecule has 3 aromatic rings. The first kappa shape index (κ1) is 27.2. The molecule has 1 fully saturated rings. The number of hydrogen-bond donors (Lipinski definition) is 1. The van der Waals surface area contributed by atoms with Gasteiger partial charge in [0.25, 0.3) is 0 Å². The Bertz CT molecular complexity index is 1280. The zero-order valence-electron chi connectivity index (χ0n) is 21.0. The topological polar surface area (TPSA) is 75.7 Å². The van der Waals surface area contributed by atoms with Crippen molar-refractivity contribution in [2.24, 2.45) is 5.92 Å². The second-order valence-corrected chi connectivity index (χ2v) is 11.5. The van der Waals surface area contributed by atoms with Gasteiger partial charge >= 0.3 is 0 Å². The van der Waals surface area contributed by atoms with Crippen LogP contribution < -0.4 is 9.46 Å². The van der Waals surface area contributed by atoms with Gasteiger partial charge in [0, 0.05) is 13.1 Å². The largest absolute Gasteiger partial charge is 0.492 e. The number of carbonyl (C=O) groups is 1. The molecular weight excluding hydrogens is 508 g/mol. The van der Waals surface area contributed by atoms with Gasteiger partial charge in [-0.1, -0.05) is 72.3 Å². The SMILES string of the molecule is CCOc1ccc(S(=O)(=O)N[C@@H](Cc2ccccc2)C(=O)N2CCC(Cc3ccccc3)CC2)cc1Cl. The summed E-state index contributed by atoms with van der Waals surface area (Å²) in [5.41, 5.74) is 2.18. The molecule has 1 N–H and O–H groups in total. The molecule has 4 rings (SSSR count). The number of likely N-dealkylation sites (tertiary alicyclic amines) is 1. The van der Waals surface area contributed by atoms with E-state index < -0.39 is 16.1 Å². The molecule has 3 aromatic carbocycles. The Balaban J connectivity index is 1.48. The van der Waals surface area contributed by atoms with E-state index in [2.05, 4.69) is 16.9 Å². The van der Waals surface area contributed by atoms with Crippen LogP contribution in [0.3, 0.4) is 0 Å². The standard InChI is InChI=1S/C29H33ClN2O4S/c1-2-36-28-14-13-25(21-26(28)30)37(34,35)31-27(20-23-11-7-4-8-12-23)29(33)32-17-15-24(16-18-32)19-22-9-5-3-6-10-22/h3-14,21,24,27,31H,2,15-20H2,1H3/t27-/m0/s1. The third-order valence-electron chi connectivity index (χ3n) is 6.69. The van der Waals surface area contributed by atoms with Crippen molar-refractivity contribution in [2.45, 2.75) is 43.5 Å². The van der Waals surface area contributed by atoms with Gasteiger partial charge in [0.05, 0.1) is 16.5 Å². The minimum absolute atomic E-state index is 0.00613. The lowest BCUT2D eigenvalue weighted by Gasteiger charge is -2.34. The molecule has 0 aliphatic carbocycles. The number of benzene rings is 3. The summed E-state index contributed by atoms with van der Waals surface area (Å²) in [6.07, 6.45) is 3.02. The summed E-state index contributed by atoms with van der Waals surface area (Å²) < 4.78 is 34.7. The van der Waals surface area contributed by atoms with E-state index in [1.807, 2.05) is 55.5 Å². The zero-order chi connectivity index (χ0) is 26.3. The second kappa shape index (κ2) is 12.6. The molecule has 1 aliphatic heterocycles. The molecule has 1 atom stereocenters. The number of rotatable bonds is 10. The molecule has 8 heteroatoms. The predicted molar refractivity (Wildman–Crippen MR) is 146 cm³/mol. The van der Waals surface area contributed by atoms with Crippen LogP contribution in [0.5, 0.6) is 5.75 Å². The molecule has 0 radical (unpaired) electrons. The summed E-state index contributed by atoms with van der Waals surface area (Å²) in [6, 6.07) is 23.2. The van der Waals surface area contributed by atoms with Crippen molar-refractivity contribution in [1.82, 2.24) is 9.62 Å². The first-order valence-electron chi connectivity index (χ1n) is 12.7. The molecule has 6 nitrogen and oxygen atoms in total. The zero-order valence-corrected chi connectivity index (χ0v) is 22.5. The van der Waals surface area contributed by atoms with Gasteiger partial charge in [0.1, 0.15) is 11.8 Å². The van der Waals surface area contributed by atoms with E-state index in [0.717, 1.165) is 24.8 Å². The van der Waals surface area contributed by atoms with E-state index in [-0.39, 0.29) is 22.2 Å². The number of hydrogen-bond acceptors (Lipinski definition) is 4. The van der Waals surface area contributed by atoms with Gasteiger partial charge < -0.3 is 9.64 Å². The summed E-state index contributed by atoms with van der Waals surface area (Å²) in [4.78, 5) is 15.4. The van der Waals surface area contributed by atoms with Crippen LogP contribution in [-0.4, -0.2) is 45.0 Å². The molecule has 0 spiro atoms. The molecule has 0 unspecified atom stereocenters. The van der Waals surface area contributed by atoms with Crippen molar-refractivity contribution in [1.29, 1.82) is 0 Å². The van der Waals surface area contributed by atoms with Gasteiger partial charge in [0.2, 0.25) is 15.9 Å². The van der Waals surface area contributed by atoms with Crippen molar-refractivity contribution in [3.05, 3.63) is 95.0 Å². The van der Waals surface area contributed by atoms with Crippen LogP contribution in [-0.2, 0) is 27.7 Å². The van der Waals surface area contributed by atoms with Crippen molar-refractivity contribution in [2.75, 3.05) is 19.7 Å². The third kappa shape index (κ3) is 7.34. The maximum Gasteiger partial charge on any atom is 0.241 e. The van der Waals surface area contributed by atoms with Crippen molar-refractivity contribution in [3.8, 4) is 5.75 Å². The van der Waals surface area contributed by atoms with Gasteiger partial charge in [-0.05, 0) is 67.9 Å². The molecule has 0 aromatic heterocycles. The van der Waals surface area contributed by atoms with Crippen LogP contribution in [0.25, 0.3) is 0 Å². The highest BCUT2D eigenvalue weighted by molar-refractivity contribution is 7.89. The number of ether oxygens (including phenoxy) is 1. The molecule has 1 saturated heterocycles. The summed E-state index contributed by atoms with van der Waals surface area (Å²) in [5, 5.41) is 0.205. The number of nitrogens with zero attached hydrogens (tertiary/aromatic N) is 1. The van der Waals surface area contributed by atoms with Crippen molar-refractivity contribution >= 4 is 27.5 Å². The molecule has 0 bridgehead atoms. The quantitative estimate of drug-likeness (QED) is 0.388. The van der Waals surface area contributed by atoms with E-state index in [1.165, 1.54) is 23.8 Å². The number of carbonyl (C=O) groups excluding carboxylic acids is 1. The fourth-order valence-corrected chi connectivity index (χ4v) is 6.25. The fourth-order valence-electron chi connectivity index (χ4n) is 4.73. The number of nitrogens with one attached hydrogen (secondary N) is 1. The maximum absolute atomic E-state index is 13.6. The van der Waals surface area contributed by atoms with Crippen molar-refractivity contribution < 1.29 is 17.9 Å². The van der Waals surface area contributed by atoms with E-state index in [0.29, 0.717) is 31.4 Å². The second-order valence-electron chi connectivity index (χ2n) is 9.35. The minimum atomic E-state index is -4.01. The lowest BCUT2D eigenvalue weighted by molar-refractivity contribution is -0.134. The van der Waals surface area contributed by atoms with Crippen LogP contribution in [0.2, 0.25) is 5.02 Å². The van der Waals surface area contributed by atoms with Gasteiger partial charge in [-0.3, -0.25) is 4.79 Å². The van der Waals surface area contributed by atoms with E-state index in [4.69, 9.17) is 16.3 Å². The minimum Gasteiger partial charge on any atom is -0.492 e. The van der Waals surface area contributed by atoms with Crippen LogP contribution in [0.4, 0.5) is 0 Å². The van der Waals surface area contributed by atoms with Crippen LogP contribution in [0, 0.1) is 5.92 Å². The molecule has 1 heterocycles. The lowest BCUT2D eigenvalue weighted by Crippen LogP contribution is -2.51. The monoisotopic (exact) mass is 540 g/mol. The van der Waals surface area contributed by atoms with Gasteiger partial charge in [-0.25, -0.2) is 8.42 Å². The average Bonchev–Trinajstić information content (AvgIpc) is 2.90. The molecule has 1 aliphatic rings. The molecule has 37 heavy (non-hydrogen) atoms. The van der Waals surface area contributed by atoms with E-state index in [9.17, 15) is 13.2 Å². The Labute approximate surface area is 224 Å². The summed E-state index contributed by atoms with van der Waals surface area (Å²) in [7, 11) is -4.01. The Morgan fingerprint density at radius 3 is 2.22 bits per heavy atom. The summed E-state index contributed by atoms with van der Waals surface area (Å²) in [6.45, 7) is 3.46. The molecular formula is C29H33ClN2O4S. The Kier molecular flexibility index (Phi) is 9.24. The fraction of sp³-hybridized carbons (Fsp3) is 0.345. The number of sulfonamides is 1. The maximum atomic E-state index is 13.6. The Morgan fingerprint density at radius 1 is 1.00 bits per heavy atom. The highest BCUT2D eigenvalue weighted by Crippen LogP contribution is 2.28.